The van der Waals surface area contributed by atoms with Gasteiger partial charge in [0.2, 0.25) is 5.91 Å². The topological polar surface area (TPSA) is 45.3 Å². The molecule has 3 aromatic rings. The molecule has 1 aliphatic heterocycles. The van der Waals surface area contributed by atoms with Gasteiger partial charge in [-0.05, 0) is 48.1 Å². The molecule has 5 heteroatoms. The fraction of sp³-hybridized carbons (Fsp3) is 0.348. The zero-order chi connectivity index (χ0) is 19.3. The van der Waals surface area contributed by atoms with Crippen molar-refractivity contribution in [1.82, 2.24) is 9.88 Å². The fourth-order valence-electron chi connectivity index (χ4n) is 3.96. The van der Waals surface area contributed by atoms with Crippen LogP contribution in [0.3, 0.4) is 0 Å². The van der Waals surface area contributed by atoms with Gasteiger partial charge < -0.3 is 14.6 Å². The van der Waals surface area contributed by atoms with E-state index in [0.717, 1.165) is 28.8 Å². The lowest BCUT2D eigenvalue weighted by Crippen LogP contribution is -2.41. The van der Waals surface area contributed by atoms with Crippen LogP contribution in [0.5, 0.6) is 0 Å². The normalized spacial score (nSPS) is 15.7. The van der Waals surface area contributed by atoms with E-state index in [2.05, 4.69) is 29.2 Å². The zero-order valence-corrected chi connectivity index (χ0v) is 16.6. The minimum Gasteiger partial charge on any atom is -0.378 e. The lowest BCUT2D eigenvalue weighted by atomic mass is 9.89. The molecule has 1 saturated heterocycles. The Morgan fingerprint density at radius 2 is 1.93 bits per heavy atom. The molecule has 1 N–H and O–H groups in total. The van der Waals surface area contributed by atoms with Gasteiger partial charge in [-0.1, -0.05) is 41.9 Å². The number of amides is 1. The number of nitrogens with zero attached hydrogens (tertiary/aromatic N) is 1. The Hall–Kier alpha value is -2.30. The van der Waals surface area contributed by atoms with Gasteiger partial charge in [-0.15, -0.1) is 0 Å². The maximum Gasteiger partial charge on any atom is 0.223 e. The molecule has 0 bridgehead atoms. The van der Waals surface area contributed by atoms with Gasteiger partial charge in [0.1, 0.15) is 0 Å². The van der Waals surface area contributed by atoms with Crippen LogP contribution in [0.4, 0.5) is 0 Å². The number of nitrogens with one attached hydrogen (secondary N) is 1. The molecule has 4 rings (SSSR count). The molecule has 1 aromatic heterocycles. The predicted molar refractivity (Wildman–Crippen MR) is 113 cm³/mol. The molecular weight excluding hydrogens is 372 g/mol. The molecule has 28 heavy (non-hydrogen) atoms. The lowest BCUT2D eigenvalue weighted by Gasteiger charge is -2.28. The summed E-state index contributed by atoms with van der Waals surface area (Å²) in [5.74, 6) is 0.348. The van der Waals surface area contributed by atoms with Gasteiger partial charge in [-0.3, -0.25) is 4.79 Å². The van der Waals surface area contributed by atoms with E-state index in [9.17, 15) is 4.79 Å². The number of morpholine rings is 1. The van der Waals surface area contributed by atoms with Crippen LogP contribution in [-0.2, 0) is 16.0 Å². The Kier molecular flexibility index (Phi) is 5.98. The van der Waals surface area contributed by atoms with Crippen molar-refractivity contribution < 1.29 is 9.53 Å². The van der Waals surface area contributed by atoms with Gasteiger partial charge in [-0.25, -0.2) is 0 Å². The van der Waals surface area contributed by atoms with Crippen molar-refractivity contribution in [2.24, 2.45) is 0 Å². The molecule has 2 aromatic carbocycles. The van der Waals surface area contributed by atoms with Crippen molar-refractivity contribution in [1.29, 1.82) is 0 Å². The molecule has 0 saturated carbocycles. The number of carbonyl (C=O) groups is 1. The summed E-state index contributed by atoms with van der Waals surface area (Å²) in [6, 6.07) is 16.3. The molecule has 1 atom stereocenters. The first-order valence-electron chi connectivity index (χ1n) is 9.86. The van der Waals surface area contributed by atoms with Crippen LogP contribution >= 0.6 is 11.6 Å². The summed E-state index contributed by atoms with van der Waals surface area (Å²) < 4.78 is 5.39. The lowest BCUT2D eigenvalue weighted by molar-refractivity contribution is -0.135. The first-order valence-corrected chi connectivity index (χ1v) is 10.2. The number of aryl methyl sites for hydroxylation is 1. The highest BCUT2D eigenvalue weighted by Crippen LogP contribution is 2.33. The van der Waals surface area contributed by atoms with E-state index in [-0.39, 0.29) is 11.8 Å². The van der Waals surface area contributed by atoms with Crippen molar-refractivity contribution in [3.63, 3.8) is 0 Å². The summed E-state index contributed by atoms with van der Waals surface area (Å²) in [4.78, 5) is 18.2. The molecule has 1 amide bonds. The minimum absolute atomic E-state index is 0.141. The van der Waals surface area contributed by atoms with Crippen LogP contribution in [0.2, 0.25) is 5.02 Å². The minimum atomic E-state index is 0.141. The maximum atomic E-state index is 13.0. The standard InChI is InChI=1S/C23H25ClN2O2/c24-19-8-9-22-20(15-19)21(16-25-22)18(7-6-17-4-2-1-3-5-17)14-23(27)26-10-12-28-13-11-26/h1-5,8-9,15-16,18,25H,6-7,10-14H2/t18-/m1/s1. The number of aromatic amines is 1. The number of H-pyrrole nitrogens is 1. The van der Waals surface area contributed by atoms with Crippen LogP contribution < -0.4 is 0 Å². The van der Waals surface area contributed by atoms with Crippen molar-refractivity contribution in [2.75, 3.05) is 26.3 Å². The SMILES string of the molecule is O=C(C[C@@H](CCc1ccccc1)c1c[nH]c2ccc(Cl)cc12)N1CCOCC1. The number of halogens is 1. The molecule has 0 spiro atoms. The fourth-order valence-corrected chi connectivity index (χ4v) is 4.13. The second kappa shape index (κ2) is 8.80. The first kappa shape index (κ1) is 19.0. The van der Waals surface area contributed by atoms with E-state index in [1.807, 2.05) is 35.4 Å². The third kappa shape index (κ3) is 4.40. The number of hydrogen-bond donors (Lipinski definition) is 1. The first-order chi connectivity index (χ1) is 13.7. The van der Waals surface area contributed by atoms with E-state index in [1.54, 1.807) is 0 Å². The highest BCUT2D eigenvalue weighted by atomic mass is 35.5. The van der Waals surface area contributed by atoms with Crippen molar-refractivity contribution in [3.05, 3.63) is 70.9 Å². The van der Waals surface area contributed by atoms with Gasteiger partial charge in [-0.2, -0.15) is 0 Å². The van der Waals surface area contributed by atoms with Gasteiger partial charge in [0.05, 0.1) is 13.2 Å². The molecule has 2 heterocycles. The average molecular weight is 397 g/mol. The molecule has 0 radical (unpaired) electrons. The molecule has 146 valence electrons. The van der Waals surface area contributed by atoms with E-state index in [0.29, 0.717) is 32.7 Å². The van der Waals surface area contributed by atoms with E-state index in [4.69, 9.17) is 16.3 Å². The van der Waals surface area contributed by atoms with E-state index < -0.39 is 0 Å². The quantitative estimate of drug-likeness (QED) is 0.651. The predicted octanol–water partition coefficient (Wildman–Crippen LogP) is 4.79. The van der Waals surface area contributed by atoms with Crippen LogP contribution in [-0.4, -0.2) is 42.1 Å². The summed E-state index contributed by atoms with van der Waals surface area (Å²) in [6.07, 6.45) is 4.41. The molecular formula is C23H25ClN2O2. The maximum absolute atomic E-state index is 13.0. The summed E-state index contributed by atoms with van der Waals surface area (Å²) in [5, 5.41) is 1.83. The summed E-state index contributed by atoms with van der Waals surface area (Å²) >= 11 is 6.25. The highest BCUT2D eigenvalue weighted by molar-refractivity contribution is 6.31. The number of benzene rings is 2. The van der Waals surface area contributed by atoms with Crippen molar-refractivity contribution in [2.45, 2.75) is 25.2 Å². The summed E-state index contributed by atoms with van der Waals surface area (Å²) in [5.41, 5.74) is 3.53. The number of ether oxygens (including phenoxy) is 1. The van der Waals surface area contributed by atoms with Crippen LogP contribution in [0.15, 0.2) is 54.7 Å². The zero-order valence-electron chi connectivity index (χ0n) is 15.9. The second-order valence-corrected chi connectivity index (χ2v) is 7.79. The van der Waals surface area contributed by atoms with E-state index >= 15 is 0 Å². The molecule has 1 aliphatic rings. The second-order valence-electron chi connectivity index (χ2n) is 7.35. The Morgan fingerprint density at radius 1 is 1.14 bits per heavy atom. The Bertz CT molecular complexity index is 932. The van der Waals surface area contributed by atoms with Crippen LogP contribution in [0, 0.1) is 0 Å². The third-order valence-electron chi connectivity index (χ3n) is 5.52. The van der Waals surface area contributed by atoms with E-state index in [1.165, 1.54) is 11.1 Å². The Labute approximate surface area is 170 Å². The summed E-state index contributed by atoms with van der Waals surface area (Å²) in [7, 11) is 0. The molecule has 0 aliphatic carbocycles. The molecule has 0 unspecified atom stereocenters. The Morgan fingerprint density at radius 3 is 2.71 bits per heavy atom. The third-order valence-corrected chi connectivity index (χ3v) is 5.76. The van der Waals surface area contributed by atoms with Crippen molar-refractivity contribution in [3.8, 4) is 0 Å². The number of hydrogen-bond acceptors (Lipinski definition) is 2. The largest absolute Gasteiger partial charge is 0.378 e. The van der Waals surface area contributed by atoms with Gasteiger partial charge in [0, 0.05) is 41.6 Å². The monoisotopic (exact) mass is 396 g/mol. The number of fused-ring (bicyclic) bond motifs is 1. The number of carbonyl (C=O) groups excluding carboxylic acids is 1. The molecule has 1 fully saturated rings. The van der Waals surface area contributed by atoms with Crippen molar-refractivity contribution >= 4 is 28.4 Å². The van der Waals surface area contributed by atoms with Gasteiger partial charge in [0.25, 0.3) is 0 Å². The smallest absolute Gasteiger partial charge is 0.223 e. The van der Waals surface area contributed by atoms with Crippen LogP contribution in [0.25, 0.3) is 10.9 Å². The average Bonchev–Trinajstić information content (AvgIpc) is 3.15. The summed E-state index contributed by atoms with van der Waals surface area (Å²) in [6.45, 7) is 2.63. The highest BCUT2D eigenvalue weighted by Gasteiger charge is 2.24. The van der Waals surface area contributed by atoms with Crippen LogP contribution in [0.1, 0.15) is 29.9 Å². The van der Waals surface area contributed by atoms with Gasteiger partial charge in [0.15, 0.2) is 0 Å². The van der Waals surface area contributed by atoms with Gasteiger partial charge >= 0.3 is 0 Å². The number of rotatable bonds is 6. The molecule has 4 nitrogen and oxygen atoms in total. The Balaban J connectivity index is 1.58. The number of aromatic nitrogens is 1.